The molecule has 2 aromatic carbocycles. The monoisotopic (exact) mass is 668 g/mol. The van der Waals surface area contributed by atoms with Crippen molar-refractivity contribution in [1.82, 2.24) is 19.4 Å². The number of benzene rings is 2. The first-order chi connectivity index (χ1) is 23.1. The second kappa shape index (κ2) is 13.3. The molecule has 7 rings (SSSR count). The molecular formula is C33H32N8O6S. The highest BCUT2D eigenvalue weighted by Gasteiger charge is 2.53. The van der Waals surface area contributed by atoms with Gasteiger partial charge in [0.25, 0.3) is 17.0 Å². The van der Waals surface area contributed by atoms with Crippen molar-refractivity contribution in [2.45, 2.75) is 55.9 Å². The molecule has 2 N–H and O–H groups in total. The van der Waals surface area contributed by atoms with Crippen LogP contribution in [-0.2, 0) is 25.3 Å². The Balaban J connectivity index is 0.000000170. The van der Waals surface area contributed by atoms with Crippen LogP contribution in [-0.4, -0.2) is 71.1 Å². The number of aromatic nitrogens is 2. The van der Waals surface area contributed by atoms with Gasteiger partial charge in [-0.1, -0.05) is 0 Å². The lowest BCUT2D eigenvalue weighted by Crippen LogP contribution is -2.34. The van der Waals surface area contributed by atoms with Crippen LogP contribution >= 0.6 is 11.7 Å². The Morgan fingerprint density at radius 1 is 0.833 bits per heavy atom. The largest absolute Gasteiger partial charge is 0.442 e. The summed E-state index contributed by atoms with van der Waals surface area (Å²) < 4.78 is 18.2. The number of hydrogen-bond donors (Lipinski definition) is 2. The highest BCUT2D eigenvalue weighted by molar-refractivity contribution is 6.99. The van der Waals surface area contributed by atoms with E-state index in [0.717, 1.165) is 59.9 Å². The Morgan fingerprint density at radius 3 is 1.67 bits per heavy atom. The number of rotatable bonds is 9. The van der Waals surface area contributed by atoms with Gasteiger partial charge in [-0.3, -0.25) is 19.4 Å². The number of carbonyl (C=O) groups excluding carboxylic acids is 4. The van der Waals surface area contributed by atoms with E-state index in [1.807, 2.05) is 48.5 Å². The summed E-state index contributed by atoms with van der Waals surface area (Å²) in [4.78, 5) is 57.3. The predicted molar refractivity (Wildman–Crippen MR) is 174 cm³/mol. The molecule has 2 aliphatic carbocycles. The van der Waals surface area contributed by atoms with Crippen molar-refractivity contribution in [3.8, 4) is 0 Å². The van der Waals surface area contributed by atoms with Gasteiger partial charge in [-0.2, -0.15) is 8.75 Å². The average molecular weight is 669 g/mol. The zero-order chi connectivity index (χ0) is 33.9. The molecule has 4 aliphatic rings. The third-order valence-electron chi connectivity index (χ3n) is 8.72. The molecule has 2 aliphatic heterocycles. The Hall–Kier alpha value is -5.54. The lowest BCUT2D eigenvalue weighted by Gasteiger charge is -2.14. The van der Waals surface area contributed by atoms with E-state index in [4.69, 9.17) is 22.6 Å². The van der Waals surface area contributed by atoms with Gasteiger partial charge in [-0.05, 0) is 48.5 Å². The molecule has 15 heteroatoms. The van der Waals surface area contributed by atoms with E-state index in [2.05, 4.69) is 29.1 Å². The molecule has 0 spiro atoms. The summed E-state index contributed by atoms with van der Waals surface area (Å²) in [6.07, 6.45) is 3.35. The summed E-state index contributed by atoms with van der Waals surface area (Å²) in [5.74, 6) is -0.487. The molecule has 4 fully saturated rings. The number of ether oxygens (including phenoxy) is 2. The van der Waals surface area contributed by atoms with Crippen LogP contribution in [0.4, 0.5) is 21.0 Å². The number of hydrogen-bond acceptors (Lipinski definition) is 9. The predicted octanol–water partition coefficient (Wildman–Crippen LogP) is 4.26. The van der Waals surface area contributed by atoms with Gasteiger partial charge in [-0.25, -0.2) is 22.7 Å². The maximum atomic E-state index is 12.1. The molecule has 4 amide bonds. The van der Waals surface area contributed by atoms with E-state index in [1.54, 1.807) is 4.90 Å². The minimum atomic E-state index is -0.446. The zero-order valence-electron chi connectivity index (χ0n) is 26.0. The van der Waals surface area contributed by atoms with Crippen molar-refractivity contribution in [2.75, 3.05) is 36.0 Å². The van der Waals surface area contributed by atoms with Gasteiger partial charge in [-0.15, -0.1) is 0 Å². The van der Waals surface area contributed by atoms with E-state index in [-0.39, 0.29) is 41.2 Å². The topological polar surface area (TPSA) is 152 Å². The molecular weight excluding hydrogens is 636 g/mol. The van der Waals surface area contributed by atoms with Crippen molar-refractivity contribution >= 4 is 47.1 Å². The van der Waals surface area contributed by atoms with E-state index >= 15 is 0 Å². The molecule has 0 unspecified atom stereocenters. The first kappa shape index (κ1) is 32.4. The van der Waals surface area contributed by atoms with Gasteiger partial charge >= 0.3 is 12.2 Å². The zero-order valence-corrected chi connectivity index (χ0v) is 26.9. The summed E-state index contributed by atoms with van der Waals surface area (Å²) in [6, 6.07) is 15.0. The number of nitrogens with zero attached hydrogens (tertiary/aromatic N) is 6. The SMILES string of the molecule is [C-]#[N+]C1(c2ccc(N3C[C@H](CNC(=O)c4cnsn4)OC3=O)cc2)CC1.[C-]#[N+]C1(c2ccc(N3C[C@H](CNC(C)=O)OC3=O)cc2)CC1. The molecule has 2 saturated heterocycles. The Kier molecular flexibility index (Phi) is 8.97. The molecule has 3 heterocycles. The van der Waals surface area contributed by atoms with Crippen LogP contribution in [0.5, 0.6) is 0 Å². The highest BCUT2D eigenvalue weighted by atomic mass is 32.1. The smallest absolute Gasteiger partial charge is 0.414 e. The minimum absolute atomic E-state index is 0.146. The Labute approximate surface area is 281 Å². The number of cyclic esters (lactones) is 2. The van der Waals surface area contributed by atoms with Crippen molar-refractivity contribution in [1.29, 1.82) is 0 Å². The quantitative estimate of drug-likeness (QED) is 0.321. The van der Waals surface area contributed by atoms with Crippen LogP contribution < -0.4 is 20.4 Å². The Morgan fingerprint density at radius 2 is 1.29 bits per heavy atom. The number of nitrogens with one attached hydrogen (secondary N) is 2. The van der Waals surface area contributed by atoms with Crippen LogP contribution in [0.3, 0.4) is 0 Å². The number of carbonyl (C=O) groups is 4. The number of amides is 4. The fraction of sp³-hybridized carbons (Fsp3) is 0.394. The van der Waals surface area contributed by atoms with E-state index in [9.17, 15) is 19.2 Å². The van der Waals surface area contributed by atoms with Gasteiger partial charge in [0, 0.05) is 55.1 Å². The van der Waals surface area contributed by atoms with Crippen LogP contribution in [0, 0.1) is 13.1 Å². The summed E-state index contributed by atoms with van der Waals surface area (Å²) in [7, 11) is 0. The summed E-state index contributed by atoms with van der Waals surface area (Å²) in [5.41, 5.74) is 3.02. The van der Waals surface area contributed by atoms with Crippen LogP contribution in [0.15, 0.2) is 54.7 Å². The third-order valence-corrected chi connectivity index (χ3v) is 9.20. The molecule has 0 bridgehead atoms. The van der Waals surface area contributed by atoms with Crippen LogP contribution in [0.25, 0.3) is 9.69 Å². The Bertz CT molecular complexity index is 1780. The van der Waals surface area contributed by atoms with Gasteiger partial charge in [0.1, 0.15) is 12.2 Å². The van der Waals surface area contributed by atoms with Gasteiger partial charge in [0.2, 0.25) is 5.91 Å². The summed E-state index contributed by atoms with van der Waals surface area (Å²) in [5, 5.41) is 5.34. The van der Waals surface area contributed by atoms with Crippen LogP contribution in [0.2, 0.25) is 0 Å². The maximum Gasteiger partial charge on any atom is 0.414 e. The molecule has 14 nitrogen and oxygen atoms in total. The second-order valence-corrected chi connectivity index (χ2v) is 12.6. The normalized spacial score (nSPS) is 21.1. The van der Waals surface area contributed by atoms with E-state index < -0.39 is 18.3 Å². The van der Waals surface area contributed by atoms with Gasteiger partial charge < -0.3 is 29.8 Å². The van der Waals surface area contributed by atoms with Gasteiger partial charge in [0.05, 0.1) is 44.1 Å². The van der Waals surface area contributed by atoms with Crippen molar-refractivity contribution in [2.24, 2.45) is 0 Å². The number of anilines is 2. The fourth-order valence-electron chi connectivity index (χ4n) is 5.57. The first-order valence-corrected chi connectivity index (χ1v) is 16.1. The fourth-order valence-corrected chi connectivity index (χ4v) is 5.98. The highest BCUT2D eigenvalue weighted by Crippen LogP contribution is 2.50. The molecule has 1 aromatic heterocycles. The van der Waals surface area contributed by atoms with Crippen LogP contribution in [0.1, 0.15) is 54.2 Å². The van der Waals surface area contributed by atoms with Gasteiger partial charge in [0.15, 0.2) is 5.69 Å². The standard InChI is InChI=1S/C17H15N5O3S.C16H17N3O3/c1-18-17(6-7-17)11-2-4-12(5-3-11)22-10-13(25-16(22)24)8-19-15(23)14-9-20-26-21-14;1-11(20)18-9-14-10-19(15(21)22-14)13-5-3-12(4-6-13)16(17-2)7-8-16/h2-5,9,13H,6-8,10H2,(H,19,23);3-6,14H,7-10H2,1H3,(H,18,20)/t13-;14-/m00/s1. The third kappa shape index (κ3) is 6.91. The molecule has 0 radical (unpaired) electrons. The van der Waals surface area contributed by atoms with Crippen molar-refractivity contribution < 1.29 is 28.7 Å². The summed E-state index contributed by atoms with van der Waals surface area (Å²) >= 11 is 0.960. The molecule has 48 heavy (non-hydrogen) atoms. The van der Waals surface area contributed by atoms with Crippen molar-refractivity contribution in [3.05, 3.63) is 94.4 Å². The lowest BCUT2D eigenvalue weighted by atomic mass is 10.1. The minimum Gasteiger partial charge on any atom is -0.442 e. The maximum absolute atomic E-state index is 12.1. The van der Waals surface area contributed by atoms with E-state index in [1.165, 1.54) is 18.0 Å². The van der Waals surface area contributed by atoms with Crippen molar-refractivity contribution in [3.63, 3.8) is 0 Å². The molecule has 2 atom stereocenters. The second-order valence-electron chi connectivity index (χ2n) is 12.1. The molecule has 2 saturated carbocycles. The molecule has 3 aromatic rings. The molecule has 246 valence electrons. The summed E-state index contributed by atoms with van der Waals surface area (Å²) in [6.45, 7) is 17.3. The first-order valence-electron chi connectivity index (χ1n) is 15.4. The average Bonchev–Trinajstić information content (AvgIpc) is 3.92. The van der Waals surface area contributed by atoms with E-state index in [0.29, 0.717) is 19.6 Å². The lowest BCUT2D eigenvalue weighted by molar-refractivity contribution is -0.119.